The average molecular weight is 230 g/mol. The number of carbonyl (C=O) groups excluding carboxylic acids is 1. The molecule has 0 bridgehead atoms. The van der Waals surface area contributed by atoms with E-state index in [0.717, 1.165) is 11.3 Å². The van der Waals surface area contributed by atoms with E-state index in [9.17, 15) is 4.79 Å². The molecule has 1 aliphatic heterocycles. The minimum atomic E-state index is -0.0262. The second kappa shape index (κ2) is 3.85. The van der Waals surface area contributed by atoms with E-state index in [0.29, 0.717) is 19.5 Å². The highest BCUT2D eigenvalue weighted by Crippen LogP contribution is 2.14. The van der Waals surface area contributed by atoms with Crippen LogP contribution in [-0.2, 0) is 11.3 Å². The van der Waals surface area contributed by atoms with Crippen LogP contribution in [0.1, 0.15) is 12.1 Å². The van der Waals surface area contributed by atoms with Crippen molar-refractivity contribution in [3.05, 3.63) is 36.3 Å². The zero-order valence-electron chi connectivity index (χ0n) is 9.41. The molecule has 1 aliphatic rings. The van der Waals surface area contributed by atoms with E-state index in [4.69, 9.17) is 5.73 Å². The highest BCUT2D eigenvalue weighted by Gasteiger charge is 2.27. The van der Waals surface area contributed by atoms with Crippen molar-refractivity contribution in [2.24, 2.45) is 5.73 Å². The van der Waals surface area contributed by atoms with Gasteiger partial charge in [0, 0.05) is 25.2 Å². The van der Waals surface area contributed by atoms with Gasteiger partial charge < -0.3 is 15.0 Å². The first-order chi connectivity index (χ1) is 8.24. The van der Waals surface area contributed by atoms with Gasteiger partial charge in [-0.25, -0.2) is 4.98 Å². The Morgan fingerprint density at radius 3 is 3.12 bits per heavy atom. The van der Waals surface area contributed by atoms with Crippen LogP contribution in [-0.4, -0.2) is 32.8 Å². The molecule has 2 aromatic heterocycles. The molecule has 2 aromatic rings. The van der Waals surface area contributed by atoms with Crippen LogP contribution in [0.25, 0.3) is 5.65 Å². The van der Waals surface area contributed by atoms with Gasteiger partial charge in [0.1, 0.15) is 5.65 Å². The van der Waals surface area contributed by atoms with Gasteiger partial charge in [-0.05, 0) is 12.1 Å². The molecule has 0 saturated carbocycles. The van der Waals surface area contributed by atoms with Crippen LogP contribution < -0.4 is 5.73 Å². The molecular weight excluding hydrogens is 216 g/mol. The van der Waals surface area contributed by atoms with E-state index >= 15 is 0 Å². The van der Waals surface area contributed by atoms with Gasteiger partial charge in [-0.3, -0.25) is 4.79 Å². The predicted octanol–water partition coefficient (Wildman–Crippen LogP) is 0.394. The molecule has 0 spiro atoms. The number of nitrogens with zero attached hydrogens (tertiary/aromatic N) is 3. The maximum absolute atomic E-state index is 11.7. The van der Waals surface area contributed by atoms with Crippen LogP contribution in [0.5, 0.6) is 0 Å². The smallest absolute Gasteiger partial charge is 0.224 e. The number of carbonyl (C=O) groups is 1. The third-order valence-electron chi connectivity index (χ3n) is 3.09. The van der Waals surface area contributed by atoms with E-state index in [1.165, 1.54) is 0 Å². The van der Waals surface area contributed by atoms with Crippen molar-refractivity contribution in [3.8, 4) is 0 Å². The second-order valence-electron chi connectivity index (χ2n) is 4.42. The van der Waals surface area contributed by atoms with Gasteiger partial charge in [-0.15, -0.1) is 0 Å². The first kappa shape index (κ1) is 10.3. The van der Waals surface area contributed by atoms with E-state index in [1.807, 2.05) is 35.0 Å². The van der Waals surface area contributed by atoms with Gasteiger partial charge in [0.15, 0.2) is 0 Å². The zero-order valence-corrected chi connectivity index (χ0v) is 9.41. The Morgan fingerprint density at radius 2 is 2.35 bits per heavy atom. The van der Waals surface area contributed by atoms with Crippen LogP contribution in [0.4, 0.5) is 0 Å². The SMILES string of the molecule is NC1CC(=O)N(Cc2cnc3ccccn23)C1. The summed E-state index contributed by atoms with van der Waals surface area (Å²) in [6, 6.07) is 5.82. The number of aromatic nitrogens is 2. The van der Waals surface area contributed by atoms with Gasteiger partial charge in [-0.2, -0.15) is 0 Å². The standard InChI is InChI=1S/C12H14N4O/c13-9-5-12(17)15(7-9)8-10-6-14-11-3-1-2-4-16(10)11/h1-4,6,9H,5,7-8,13H2. The molecule has 2 N–H and O–H groups in total. The van der Waals surface area contributed by atoms with Crippen molar-refractivity contribution < 1.29 is 4.79 Å². The fourth-order valence-corrected chi connectivity index (χ4v) is 2.25. The van der Waals surface area contributed by atoms with Crippen LogP contribution in [0, 0.1) is 0 Å². The lowest BCUT2D eigenvalue weighted by atomic mass is 10.3. The summed E-state index contributed by atoms with van der Waals surface area (Å²) in [6.45, 7) is 1.22. The van der Waals surface area contributed by atoms with Crippen molar-refractivity contribution in [2.45, 2.75) is 19.0 Å². The molecule has 3 heterocycles. The van der Waals surface area contributed by atoms with Gasteiger partial charge in [-0.1, -0.05) is 6.07 Å². The summed E-state index contributed by atoms with van der Waals surface area (Å²) in [5.41, 5.74) is 7.69. The molecule has 1 saturated heterocycles. The largest absolute Gasteiger partial charge is 0.335 e. The monoisotopic (exact) mass is 230 g/mol. The summed E-state index contributed by atoms with van der Waals surface area (Å²) in [7, 11) is 0. The maximum atomic E-state index is 11.7. The quantitative estimate of drug-likeness (QED) is 0.812. The van der Waals surface area contributed by atoms with Gasteiger partial charge in [0.25, 0.3) is 0 Å². The molecule has 1 fully saturated rings. The number of hydrogen-bond donors (Lipinski definition) is 1. The number of likely N-dealkylation sites (tertiary alicyclic amines) is 1. The fourth-order valence-electron chi connectivity index (χ4n) is 2.25. The highest BCUT2D eigenvalue weighted by atomic mass is 16.2. The summed E-state index contributed by atoms with van der Waals surface area (Å²) in [5.74, 6) is 0.128. The van der Waals surface area contributed by atoms with Crippen molar-refractivity contribution in [1.29, 1.82) is 0 Å². The average Bonchev–Trinajstić information content (AvgIpc) is 2.85. The van der Waals surface area contributed by atoms with Crippen LogP contribution in [0.2, 0.25) is 0 Å². The lowest BCUT2D eigenvalue weighted by molar-refractivity contribution is -0.128. The summed E-state index contributed by atoms with van der Waals surface area (Å²) in [4.78, 5) is 17.8. The second-order valence-corrected chi connectivity index (χ2v) is 4.42. The maximum Gasteiger partial charge on any atom is 0.224 e. The summed E-state index contributed by atoms with van der Waals surface area (Å²) < 4.78 is 2.00. The number of hydrogen-bond acceptors (Lipinski definition) is 3. The van der Waals surface area contributed by atoms with Crippen molar-refractivity contribution >= 4 is 11.6 Å². The lowest BCUT2D eigenvalue weighted by Gasteiger charge is -2.15. The van der Waals surface area contributed by atoms with E-state index in [2.05, 4.69) is 4.98 Å². The number of amides is 1. The molecule has 3 rings (SSSR count). The Kier molecular flexibility index (Phi) is 2.33. The number of pyridine rings is 1. The number of rotatable bonds is 2. The fraction of sp³-hybridized carbons (Fsp3) is 0.333. The molecule has 17 heavy (non-hydrogen) atoms. The Hall–Kier alpha value is -1.88. The first-order valence-corrected chi connectivity index (χ1v) is 5.68. The highest BCUT2D eigenvalue weighted by molar-refractivity contribution is 5.79. The zero-order chi connectivity index (χ0) is 11.8. The Balaban J connectivity index is 1.88. The Labute approximate surface area is 98.8 Å². The van der Waals surface area contributed by atoms with E-state index < -0.39 is 0 Å². The topological polar surface area (TPSA) is 63.6 Å². The number of fused-ring (bicyclic) bond motifs is 1. The third kappa shape index (κ3) is 1.78. The minimum Gasteiger partial charge on any atom is -0.335 e. The first-order valence-electron chi connectivity index (χ1n) is 5.68. The minimum absolute atomic E-state index is 0.0262. The number of imidazole rings is 1. The van der Waals surface area contributed by atoms with Crippen molar-refractivity contribution in [2.75, 3.05) is 6.54 Å². The van der Waals surface area contributed by atoms with Crippen molar-refractivity contribution in [1.82, 2.24) is 14.3 Å². The molecular formula is C12H14N4O. The molecule has 88 valence electrons. The third-order valence-corrected chi connectivity index (χ3v) is 3.09. The molecule has 1 unspecified atom stereocenters. The Bertz CT molecular complexity index is 562. The normalized spacial score (nSPS) is 20.4. The lowest BCUT2D eigenvalue weighted by Crippen LogP contribution is -2.28. The van der Waals surface area contributed by atoms with Gasteiger partial charge in [0.2, 0.25) is 5.91 Å². The van der Waals surface area contributed by atoms with Crippen LogP contribution >= 0.6 is 0 Å². The number of nitrogens with two attached hydrogens (primary N) is 1. The molecule has 0 radical (unpaired) electrons. The summed E-state index contributed by atoms with van der Waals surface area (Å²) in [5, 5.41) is 0. The van der Waals surface area contributed by atoms with Gasteiger partial charge in [0.05, 0.1) is 18.4 Å². The van der Waals surface area contributed by atoms with Crippen LogP contribution in [0.3, 0.4) is 0 Å². The molecule has 5 nitrogen and oxygen atoms in total. The Morgan fingerprint density at radius 1 is 1.47 bits per heavy atom. The molecule has 1 amide bonds. The van der Waals surface area contributed by atoms with E-state index in [1.54, 1.807) is 4.90 Å². The molecule has 0 aromatic carbocycles. The molecule has 1 atom stereocenters. The van der Waals surface area contributed by atoms with E-state index in [-0.39, 0.29) is 11.9 Å². The predicted molar refractivity (Wildman–Crippen MR) is 63.2 cm³/mol. The summed E-state index contributed by atoms with van der Waals surface area (Å²) in [6.07, 6.45) is 4.22. The summed E-state index contributed by atoms with van der Waals surface area (Å²) >= 11 is 0. The van der Waals surface area contributed by atoms with Gasteiger partial charge >= 0.3 is 0 Å². The molecule has 0 aliphatic carbocycles. The molecule has 5 heteroatoms. The van der Waals surface area contributed by atoms with Crippen LogP contribution in [0.15, 0.2) is 30.6 Å². The van der Waals surface area contributed by atoms with Crippen molar-refractivity contribution in [3.63, 3.8) is 0 Å².